The van der Waals surface area contributed by atoms with Crippen LogP contribution in [0.1, 0.15) is 18.6 Å². The Kier molecular flexibility index (Phi) is 7.07. The van der Waals surface area contributed by atoms with E-state index in [1.165, 1.54) is 0 Å². The van der Waals surface area contributed by atoms with E-state index >= 15 is 0 Å². The quantitative estimate of drug-likeness (QED) is 0.689. The average molecular weight is 309 g/mol. The van der Waals surface area contributed by atoms with Crippen molar-refractivity contribution >= 4 is 0 Å². The maximum atomic E-state index is 12.6. The summed E-state index contributed by atoms with van der Waals surface area (Å²) in [6, 6.07) is 9.27. The lowest BCUT2D eigenvalue weighted by molar-refractivity contribution is -0.126. The number of nitrogens with one attached hydrogen (secondary N) is 1. The minimum Gasteiger partial charge on any atom is -0.389 e. The molecule has 1 aromatic rings. The Morgan fingerprint density at radius 1 is 1.24 bits per heavy atom. The van der Waals surface area contributed by atoms with Crippen LogP contribution in [0.25, 0.3) is 0 Å². The molecule has 0 aliphatic heterocycles. The molecule has 0 fully saturated rings. The number of halogens is 4. The van der Waals surface area contributed by atoms with Gasteiger partial charge in [0.25, 0.3) is 0 Å². The minimum absolute atomic E-state index is 0.0800. The number of rotatable bonds is 9. The molecule has 0 radical (unpaired) electrons. The van der Waals surface area contributed by atoms with E-state index in [0.29, 0.717) is 0 Å². The van der Waals surface area contributed by atoms with Gasteiger partial charge in [-0.15, -0.1) is 0 Å². The van der Waals surface area contributed by atoms with E-state index in [9.17, 15) is 22.7 Å². The summed E-state index contributed by atoms with van der Waals surface area (Å²) in [5, 5.41) is 11.7. The maximum absolute atomic E-state index is 12.6. The van der Waals surface area contributed by atoms with E-state index in [0.717, 1.165) is 5.56 Å². The average Bonchev–Trinajstić information content (AvgIpc) is 2.45. The van der Waals surface area contributed by atoms with Gasteiger partial charge in [0.2, 0.25) is 0 Å². The van der Waals surface area contributed by atoms with Crippen molar-refractivity contribution in [2.75, 3.05) is 19.7 Å². The summed E-state index contributed by atoms with van der Waals surface area (Å²) >= 11 is 0. The van der Waals surface area contributed by atoms with Gasteiger partial charge in [-0.1, -0.05) is 30.3 Å². The predicted octanol–water partition coefficient (Wildman–Crippen LogP) is 2.62. The SMILES string of the molecule is CC(OCC(O)CNCC(F)(F)C(F)F)c1ccccc1. The Bertz CT molecular complexity index is 403. The molecule has 21 heavy (non-hydrogen) atoms. The van der Waals surface area contributed by atoms with Crippen molar-refractivity contribution in [3.63, 3.8) is 0 Å². The van der Waals surface area contributed by atoms with E-state index < -0.39 is 25.0 Å². The van der Waals surface area contributed by atoms with Crippen molar-refractivity contribution in [2.45, 2.75) is 31.5 Å². The Labute approximate surface area is 120 Å². The molecule has 7 heteroatoms. The fourth-order valence-corrected chi connectivity index (χ4v) is 1.62. The van der Waals surface area contributed by atoms with Gasteiger partial charge in [0, 0.05) is 6.54 Å². The first-order valence-electron chi connectivity index (χ1n) is 6.54. The van der Waals surface area contributed by atoms with Crippen molar-refractivity contribution in [3.05, 3.63) is 35.9 Å². The zero-order chi connectivity index (χ0) is 15.9. The lowest BCUT2D eigenvalue weighted by atomic mass is 10.1. The fourth-order valence-electron chi connectivity index (χ4n) is 1.62. The van der Waals surface area contributed by atoms with Crippen LogP contribution in [0, 0.1) is 0 Å². The summed E-state index contributed by atoms with van der Waals surface area (Å²) in [5.74, 6) is -4.10. The molecule has 0 spiro atoms. The first-order chi connectivity index (χ1) is 9.83. The van der Waals surface area contributed by atoms with Gasteiger partial charge < -0.3 is 15.2 Å². The van der Waals surface area contributed by atoms with Crippen LogP contribution in [0.5, 0.6) is 0 Å². The first kappa shape index (κ1) is 17.9. The highest BCUT2D eigenvalue weighted by atomic mass is 19.3. The van der Waals surface area contributed by atoms with Gasteiger partial charge in [0.1, 0.15) is 0 Å². The van der Waals surface area contributed by atoms with Crippen molar-refractivity contribution in [1.82, 2.24) is 5.32 Å². The Morgan fingerprint density at radius 2 is 1.86 bits per heavy atom. The van der Waals surface area contributed by atoms with Gasteiger partial charge in [0.15, 0.2) is 0 Å². The highest BCUT2D eigenvalue weighted by molar-refractivity contribution is 5.16. The van der Waals surface area contributed by atoms with E-state index in [-0.39, 0.29) is 19.3 Å². The number of aliphatic hydroxyl groups is 1. The molecule has 2 unspecified atom stereocenters. The molecule has 0 aliphatic rings. The number of hydrogen-bond acceptors (Lipinski definition) is 3. The van der Waals surface area contributed by atoms with Crippen LogP contribution in [-0.4, -0.2) is 43.3 Å². The normalized spacial score (nSPS) is 15.2. The van der Waals surface area contributed by atoms with Crippen LogP contribution in [0.2, 0.25) is 0 Å². The fraction of sp³-hybridized carbons (Fsp3) is 0.571. The van der Waals surface area contributed by atoms with Crippen molar-refractivity contribution in [3.8, 4) is 0 Å². The zero-order valence-electron chi connectivity index (χ0n) is 11.6. The second-order valence-electron chi connectivity index (χ2n) is 4.73. The standard InChI is InChI=1S/C14H19F4NO2/c1-10(11-5-3-2-4-6-11)21-8-12(20)7-19-9-14(17,18)13(15)16/h2-6,10,12-13,19-20H,7-9H2,1H3. The number of benzene rings is 1. The molecule has 2 N–H and O–H groups in total. The molecule has 0 saturated carbocycles. The largest absolute Gasteiger partial charge is 0.389 e. The van der Waals surface area contributed by atoms with Gasteiger partial charge in [-0.05, 0) is 12.5 Å². The van der Waals surface area contributed by atoms with Gasteiger partial charge in [-0.3, -0.25) is 0 Å². The highest BCUT2D eigenvalue weighted by Gasteiger charge is 2.40. The first-order valence-corrected chi connectivity index (χ1v) is 6.54. The monoisotopic (exact) mass is 309 g/mol. The summed E-state index contributed by atoms with van der Waals surface area (Å²) < 4.78 is 54.4. The predicted molar refractivity (Wildman–Crippen MR) is 70.6 cm³/mol. The molecule has 0 heterocycles. The highest BCUT2D eigenvalue weighted by Crippen LogP contribution is 2.21. The molecule has 0 amide bonds. The van der Waals surface area contributed by atoms with E-state index in [1.807, 2.05) is 30.3 Å². The number of aliphatic hydroxyl groups excluding tert-OH is 1. The molecule has 0 aliphatic carbocycles. The Hall–Kier alpha value is -1.18. The molecule has 2 atom stereocenters. The number of alkyl halides is 4. The molecular formula is C14H19F4NO2. The Morgan fingerprint density at radius 3 is 2.43 bits per heavy atom. The summed E-state index contributed by atoms with van der Waals surface area (Å²) in [6.45, 7) is 0.281. The van der Waals surface area contributed by atoms with Gasteiger partial charge in [-0.2, -0.15) is 8.78 Å². The topological polar surface area (TPSA) is 41.5 Å². The van der Waals surface area contributed by atoms with Crippen LogP contribution < -0.4 is 5.32 Å². The van der Waals surface area contributed by atoms with Crippen molar-refractivity contribution in [1.29, 1.82) is 0 Å². The van der Waals surface area contributed by atoms with Gasteiger partial charge >= 0.3 is 12.3 Å². The third-order valence-corrected chi connectivity index (χ3v) is 2.87. The second-order valence-corrected chi connectivity index (χ2v) is 4.73. The van der Waals surface area contributed by atoms with E-state index in [1.54, 1.807) is 6.92 Å². The number of ether oxygens (including phenoxy) is 1. The van der Waals surface area contributed by atoms with Crippen LogP contribution in [0.4, 0.5) is 17.6 Å². The smallest absolute Gasteiger partial charge is 0.319 e. The summed E-state index contributed by atoms with van der Waals surface area (Å²) in [7, 11) is 0. The van der Waals surface area contributed by atoms with Crippen molar-refractivity contribution in [2.24, 2.45) is 0 Å². The molecule has 3 nitrogen and oxygen atoms in total. The number of hydrogen-bond donors (Lipinski definition) is 2. The van der Waals surface area contributed by atoms with Crippen molar-refractivity contribution < 1.29 is 27.4 Å². The van der Waals surface area contributed by atoms with E-state index in [4.69, 9.17) is 4.74 Å². The molecule has 0 aromatic heterocycles. The summed E-state index contributed by atoms with van der Waals surface area (Å²) in [4.78, 5) is 0. The van der Waals surface area contributed by atoms with Gasteiger partial charge in [-0.25, -0.2) is 8.78 Å². The lowest BCUT2D eigenvalue weighted by Gasteiger charge is -2.19. The molecule has 1 rings (SSSR count). The molecule has 1 aromatic carbocycles. The van der Waals surface area contributed by atoms with Crippen LogP contribution in [0.3, 0.4) is 0 Å². The summed E-state index contributed by atoms with van der Waals surface area (Å²) in [6.07, 6.45) is -5.04. The molecule has 0 bridgehead atoms. The van der Waals surface area contributed by atoms with Crippen LogP contribution >= 0.6 is 0 Å². The lowest BCUT2D eigenvalue weighted by Crippen LogP contribution is -2.42. The van der Waals surface area contributed by atoms with Gasteiger partial charge in [0.05, 0.1) is 25.4 Å². The third kappa shape index (κ3) is 6.41. The van der Waals surface area contributed by atoms with Crippen LogP contribution in [-0.2, 0) is 4.74 Å². The molecular weight excluding hydrogens is 290 g/mol. The van der Waals surface area contributed by atoms with Crippen LogP contribution in [0.15, 0.2) is 30.3 Å². The minimum atomic E-state index is -4.10. The zero-order valence-corrected chi connectivity index (χ0v) is 11.6. The maximum Gasteiger partial charge on any atom is 0.319 e. The second kappa shape index (κ2) is 8.31. The molecule has 0 saturated heterocycles. The Balaban J connectivity index is 2.24. The summed E-state index contributed by atoms with van der Waals surface area (Å²) in [5.41, 5.74) is 0.918. The molecule has 120 valence electrons. The van der Waals surface area contributed by atoms with E-state index in [2.05, 4.69) is 5.32 Å². The third-order valence-electron chi connectivity index (χ3n) is 2.87.